The van der Waals surface area contributed by atoms with Gasteiger partial charge in [0, 0.05) is 34.1 Å². The summed E-state index contributed by atoms with van der Waals surface area (Å²) in [5, 5.41) is 10.1. The minimum Gasteiger partial charge on any atom is -0.424 e. The van der Waals surface area contributed by atoms with Gasteiger partial charge < -0.3 is 30.2 Å². The molecule has 0 spiro atoms. The highest BCUT2D eigenvalue weighted by molar-refractivity contribution is 5.62. The second-order valence-electron chi connectivity index (χ2n) is 10.5. The highest BCUT2D eigenvalue weighted by Crippen LogP contribution is 2.30. The van der Waals surface area contributed by atoms with E-state index < -0.39 is 0 Å². The van der Waals surface area contributed by atoms with Gasteiger partial charge in [-0.25, -0.2) is 0 Å². The highest BCUT2D eigenvalue weighted by atomic mass is 16.5. The van der Waals surface area contributed by atoms with Crippen LogP contribution in [0.15, 0.2) is 164 Å². The molecule has 6 aromatic carbocycles. The first kappa shape index (κ1) is 29.8. The lowest BCUT2D eigenvalue weighted by Crippen LogP contribution is -2.01. The van der Waals surface area contributed by atoms with Gasteiger partial charge in [-0.2, -0.15) is 0 Å². The van der Waals surface area contributed by atoms with Crippen LogP contribution in [-0.4, -0.2) is 15.0 Å². The van der Waals surface area contributed by atoms with Crippen molar-refractivity contribution in [2.75, 3.05) is 16.0 Å². The summed E-state index contributed by atoms with van der Waals surface area (Å²) in [6.45, 7) is 0. The second-order valence-corrected chi connectivity index (χ2v) is 10.5. The Morgan fingerprint density at radius 2 is 0.500 bits per heavy atom. The summed E-state index contributed by atoms with van der Waals surface area (Å²) in [7, 11) is 0. The summed E-state index contributed by atoms with van der Waals surface area (Å²) in [5.41, 5.74) is 5.69. The number of nitrogens with zero attached hydrogens (tertiary/aromatic N) is 3. The van der Waals surface area contributed by atoms with Crippen LogP contribution in [-0.2, 0) is 0 Å². The van der Waals surface area contributed by atoms with Crippen LogP contribution in [0.4, 0.5) is 34.1 Å². The van der Waals surface area contributed by atoms with E-state index in [9.17, 15) is 0 Å². The first-order valence-electron chi connectivity index (χ1n) is 15.3. The molecular weight excluding hydrogens is 600 g/mol. The number of anilines is 6. The zero-order chi connectivity index (χ0) is 32.4. The SMILES string of the molecule is c1ccc(Nc2ccc(Oc3nc(Oc4ccc(Nc5ccccc5)cc4)nc(Oc4ccc(Nc5ccccc5)cc4)n3)cc2)cc1. The van der Waals surface area contributed by atoms with E-state index in [4.69, 9.17) is 14.2 Å². The topological polar surface area (TPSA) is 102 Å². The predicted molar refractivity (Wildman–Crippen MR) is 189 cm³/mol. The first-order chi connectivity index (χ1) is 23.7. The number of hydrogen-bond acceptors (Lipinski definition) is 9. The zero-order valence-corrected chi connectivity index (χ0v) is 25.7. The zero-order valence-electron chi connectivity index (χ0n) is 25.7. The van der Waals surface area contributed by atoms with E-state index in [-0.39, 0.29) is 18.0 Å². The van der Waals surface area contributed by atoms with Gasteiger partial charge in [0.1, 0.15) is 17.2 Å². The molecule has 9 heteroatoms. The Morgan fingerprint density at radius 1 is 0.271 bits per heavy atom. The molecule has 0 fully saturated rings. The molecule has 3 N–H and O–H groups in total. The van der Waals surface area contributed by atoms with Crippen LogP contribution >= 0.6 is 0 Å². The van der Waals surface area contributed by atoms with Crippen molar-refractivity contribution in [3.05, 3.63) is 164 Å². The lowest BCUT2D eigenvalue weighted by molar-refractivity contribution is 0.362. The molecule has 0 atom stereocenters. The minimum atomic E-state index is 0.0171. The second kappa shape index (κ2) is 14.5. The van der Waals surface area contributed by atoms with E-state index in [0.29, 0.717) is 17.2 Å². The summed E-state index contributed by atoms with van der Waals surface area (Å²) >= 11 is 0. The van der Waals surface area contributed by atoms with Gasteiger partial charge in [-0.15, -0.1) is 15.0 Å². The number of nitrogens with one attached hydrogen (secondary N) is 3. The number of aromatic nitrogens is 3. The first-order valence-corrected chi connectivity index (χ1v) is 15.3. The number of hydrogen-bond donors (Lipinski definition) is 3. The van der Waals surface area contributed by atoms with Crippen LogP contribution in [0.25, 0.3) is 0 Å². The number of para-hydroxylation sites is 3. The van der Waals surface area contributed by atoms with Gasteiger partial charge in [-0.3, -0.25) is 0 Å². The fourth-order valence-electron chi connectivity index (χ4n) is 4.66. The number of rotatable bonds is 12. The van der Waals surface area contributed by atoms with Crippen LogP contribution in [0.1, 0.15) is 0 Å². The molecule has 48 heavy (non-hydrogen) atoms. The number of ether oxygens (including phenoxy) is 3. The molecular formula is C39H30N6O3. The van der Waals surface area contributed by atoms with Crippen molar-refractivity contribution >= 4 is 34.1 Å². The van der Waals surface area contributed by atoms with Gasteiger partial charge in [-0.05, 0) is 109 Å². The number of benzene rings is 6. The van der Waals surface area contributed by atoms with Gasteiger partial charge in [0.15, 0.2) is 0 Å². The third kappa shape index (κ3) is 8.23. The molecule has 9 nitrogen and oxygen atoms in total. The molecule has 0 bridgehead atoms. The largest absolute Gasteiger partial charge is 0.424 e. The molecule has 1 aromatic heterocycles. The maximum absolute atomic E-state index is 6.04. The maximum atomic E-state index is 6.04. The fraction of sp³-hybridized carbons (Fsp3) is 0. The van der Waals surface area contributed by atoms with Crippen molar-refractivity contribution in [1.29, 1.82) is 0 Å². The summed E-state index contributed by atoms with van der Waals surface area (Å²) in [4.78, 5) is 13.3. The average Bonchev–Trinajstić information content (AvgIpc) is 3.12. The van der Waals surface area contributed by atoms with Crippen molar-refractivity contribution in [3.63, 3.8) is 0 Å². The van der Waals surface area contributed by atoms with Gasteiger partial charge in [0.25, 0.3) is 0 Å². The van der Waals surface area contributed by atoms with Gasteiger partial charge >= 0.3 is 18.0 Å². The van der Waals surface area contributed by atoms with Crippen LogP contribution in [0, 0.1) is 0 Å². The Labute approximate surface area is 277 Å². The van der Waals surface area contributed by atoms with Crippen LogP contribution < -0.4 is 30.2 Å². The molecule has 0 unspecified atom stereocenters. The Morgan fingerprint density at radius 3 is 0.750 bits per heavy atom. The Balaban J connectivity index is 1.09. The molecule has 0 saturated heterocycles. The van der Waals surface area contributed by atoms with Crippen LogP contribution in [0.5, 0.6) is 35.3 Å². The fourth-order valence-corrected chi connectivity index (χ4v) is 4.66. The Bertz CT molecular complexity index is 1790. The average molecular weight is 631 g/mol. The van der Waals surface area contributed by atoms with Crippen molar-refractivity contribution < 1.29 is 14.2 Å². The van der Waals surface area contributed by atoms with Gasteiger partial charge in [0.2, 0.25) is 0 Å². The molecule has 0 radical (unpaired) electrons. The standard InChI is InChI=1S/C39H30N6O3/c1-4-10-28(11-5-1)40-31-16-22-34(23-17-31)46-37-43-38(47-35-24-18-32(19-25-35)41-29-12-6-2-7-13-29)45-39(44-37)48-36-26-20-33(21-27-36)42-30-14-8-3-9-15-30/h1-27,40-42H. The maximum Gasteiger partial charge on any atom is 0.331 e. The van der Waals surface area contributed by atoms with Crippen molar-refractivity contribution in [2.45, 2.75) is 0 Å². The minimum absolute atomic E-state index is 0.0171. The third-order valence-corrected chi connectivity index (χ3v) is 6.95. The van der Waals surface area contributed by atoms with E-state index in [0.717, 1.165) is 34.1 Å². The Kier molecular flexibility index (Phi) is 9.00. The van der Waals surface area contributed by atoms with Crippen LogP contribution in [0.2, 0.25) is 0 Å². The molecule has 0 saturated carbocycles. The van der Waals surface area contributed by atoms with E-state index in [1.54, 1.807) is 0 Å². The molecule has 1 heterocycles. The smallest absolute Gasteiger partial charge is 0.331 e. The normalized spacial score (nSPS) is 10.5. The van der Waals surface area contributed by atoms with Crippen molar-refractivity contribution in [1.82, 2.24) is 15.0 Å². The molecule has 0 aliphatic rings. The van der Waals surface area contributed by atoms with Crippen molar-refractivity contribution in [2.24, 2.45) is 0 Å². The molecule has 234 valence electrons. The lowest BCUT2D eigenvalue weighted by atomic mass is 10.2. The van der Waals surface area contributed by atoms with E-state index >= 15 is 0 Å². The molecule has 0 amide bonds. The van der Waals surface area contributed by atoms with Crippen molar-refractivity contribution in [3.8, 4) is 35.3 Å². The molecule has 7 rings (SSSR count). The quantitative estimate of drug-likeness (QED) is 0.122. The highest BCUT2D eigenvalue weighted by Gasteiger charge is 2.14. The molecule has 7 aromatic rings. The van der Waals surface area contributed by atoms with Gasteiger partial charge in [-0.1, -0.05) is 54.6 Å². The summed E-state index contributed by atoms with van der Waals surface area (Å²) in [5.74, 6) is 1.60. The van der Waals surface area contributed by atoms with E-state index in [1.165, 1.54) is 0 Å². The predicted octanol–water partition coefficient (Wildman–Crippen LogP) is 10.5. The summed E-state index contributed by atoms with van der Waals surface area (Å²) in [6.07, 6.45) is 0. The van der Waals surface area contributed by atoms with Crippen LogP contribution in [0.3, 0.4) is 0 Å². The van der Waals surface area contributed by atoms with E-state index in [2.05, 4.69) is 30.9 Å². The molecule has 0 aliphatic heterocycles. The van der Waals surface area contributed by atoms with E-state index in [1.807, 2.05) is 164 Å². The van der Waals surface area contributed by atoms with Gasteiger partial charge in [0.05, 0.1) is 0 Å². The monoisotopic (exact) mass is 630 g/mol. The third-order valence-electron chi connectivity index (χ3n) is 6.95. The molecule has 0 aliphatic carbocycles. The Hall–Kier alpha value is -6.87. The summed E-state index contributed by atoms with van der Waals surface area (Å²) in [6, 6.07) is 52.3. The lowest BCUT2D eigenvalue weighted by Gasteiger charge is -2.11. The summed E-state index contributed by atoms with van der Waals surface area (Å²) < 4.78 is 18.1.